The monoisotopic (exact) mass is 385 g/mol. The molecule has 7 heteroatoms. The molecule has 0 saturated heterocycles. The van der Waals surface area contributed by atoms with Crippen LogP contribution in [0.1, 0.15) is 0 Å². The van der Waals surface area contributed by atoms with Gasteiger partial charge in [0.2, 0.25) is 5.95 Å². The molecule has 3 N–H and O–H groups in total. The highest BCUT2D eigenvalue weighted by Crippen LogP contribution is 2.24. The Balaban J connectivity index is 1.95. The first kappa shape index (κ1) is 16.4. The van der Waals surface area contributed by atoms with Crippen molar-refractivity contribution in [1.82, 2.24) is 15.0 Å². The van der Waals surface area contributed by atoms with Gasteiger partial charge in [-0.15, -0.1) is 0 Å². The molecule has 2 heterocycles. The second kappa shape index (κ2) is 7.85. The number of rotatable bonds is 6. The lowest BCUT2D eigenvalue weighted by Crippen LogP contribution is -2.10. The third kappa shape index (κ3) is 4.27. The Morgan fingerprint density at radius 1 is 1.08 bits per heavy atom. The molecule has 0 saturated carbocycles. The second-order valence-electron chi connectivity index (χ2n) is 4.99. The van der Waals surface area contributed by atoms with E-state index in [-0.39, 0.29) is 6.61 Å². The van der Waals surface area contributed by atoms with Crippen molar-refractivity contribution >= 4 is 33.4 Å². The van der Waals surface area contributed by atoms with E-state index >= 15 is 0 Å². The number of nitrogens with one attached hydrogen (secondary N) is 2. The zero-order valence-corrected chi connectivity index (χ0v) is 14.4. The van der Waals surface area contributed by atoms with Gasteiger partial charge < -0.3 is 15.7 Å². The van der Waals surface area contributed by atoms with Gasteiger partial charge in [0, 0.05) is 40.7 Å². The van der Waals surface area contributed by atoms with Crippen LogP contribution in [0.2, 0.25) is 0 Å². The molecule has 0 aliphatic rings. The zero-order valence-electron chi connectivity index (χ0n) is 12.8. The van der Waals surface area contributed by atoms with E-state index in [1.807, 2.05) is 42.5 Å². The standard InChI is InChI=1S/C17H16BrN5O/c18-13-4-1-5-14(9-13)21-16-10-15(12-3-2-6-19-11-12)22-17(23-16)20-7-8-24/h1-6,9-11,24H,7-8H2,(H2,20,21,22,23). The summed E-state index contributed by atoms with van der Waals surface area (Å²) in [6.45, 7) is 0.391. The molecule has 0 atom stereocenters. The van der Waals surface area contributed by atoms with Crippen molar-refractivity contribution < 1.29 is 5.11 Å². The Morgan fingerprint density at radius 2 is 2.00 bits per heavy atom. The summed E-state index contributed by atoms with van der Waals surface area (Å²) in [6, 6.07) is 13.5. The highest BCUT2D eigenvalue weighted by atomic mass is 79.9. The Morgan fingerprint density at radius 3 is 2.75 bits per heavy atom. The van der Waals surface area contributed by atoms with Crippen LogP contribution in [0.25, 0.3) is 11.3 Å². The van der Waals surface area contributed by atoms with Crippen molar-refractivity contribution in [2.45, 2.75) is 0 Å². The average Bonchev–Trinajstić information content (AvgIpc) is 2.60. The number of aliphatic hydroxyl groups excluding tert-OH is 1. The maximum Gasteiger partial charge on any atom is 0.225 e. The molecule has 6 nitrogen and oxygen atoms in total. The average molecular weight is 386 g/mol. The number of hydrogen-bond acceptors (Lipinski definition) is 6. The number of aliphatic hydroxyl groups is 1. The van der Waals surface area contributed by atoms with Crippen molar-refractivity contribution in [3.63, 3.8) is 0 Å². The lowest BCUT2D eigenvalue weighted by atomic mass is 10.2. The molecular weight excluding hydrogens is 370 g/mol. The van der Waals surface area contributed by atoms with E-state index in [9.17, 15) is 0 Å². The first-order chi connectivity index (χ1) is 11.7. The molecule has 1 aromatic carbocycles. The number of nitrogens with zero attached hydrogens (tertiary/aromatic N) is 3. The highest BCUT2D eigenvalue weighted by molar-refractivity contribution is 9.10. The number of halogens is 1. The number of pyridine rings is 1. The van der Waals surface area contributed by atoms with Crippen molar-refractivity contribution in [1.29, 1.82) is 0 Å². The van der Waals surface area contributed by atoms with Crippen LogP contribution < -0.4 is 10.6 Å². The largest absolute Gasteiger partial charge is 0.395 e. The maximum atomic E-state index is 9.00. The molecule has 0 amide bonds. The van der Waals surface area contributed by atoms with Crippen molar-refractivity contribution in [2.75, 3.05) is 23.8 Å². The van der Waals surface area contributed by atoms with Gasteiger partial charge in [0.15, 0.2) is 0 Å². The van der Waals surface area contributed by atoms with Crippen LogP contribution in [0.5, 0.6) is 0 Å². The number of benzene rings is 1. The van der Waals surface area contributed by atoms with Gasteiger partial charge in [0.05, 0.1) is 12.3 Å². The van der Waals surface area contributed by atoms with E-state index in [4.69, 9.17) is 5.11 Å². The van der Waals surface area contributed by atoms with Crippen LogP contribution in [0, 0.1) is 0 Å². The van der Waals surface area contributed by atoms with E-state index in [2.05, 4.69) is 41.5 Å². The van der Waals surface area contributed by atoms with Crippen LogP contribution in [-0.4, -0.2) is 33.2 Å². The Bertz CT molecular complexity index is 813. The van der Waals surface area contributed by atoms with Gasteiger partial charge in [-0.2, -0.15) is 4.98 Å². The Labute approximate surface area is 148 Å². The molecule has 122 valence electrons. The first-order valence-electron chi connectivity index (χ1n) is 7.41. The van der Waals surface area contributed by atoms with Crippen molar-refractivity contribution in [3.8, 4) is 11.3 Å². The summed E-state index contributed by atoms with van der Waals surface area (Å²) in [6.07, 6.45) is 3.47. The minimum Gasteiger partial charge on any atom is -0.395 e. The summed E-state index contributed by atoms with van der Waals surface area (Å²) in [5.74, 6) is 1.10. The summed E-state index contributed by atoms with van der Waals surface area (Å²) in [4.78, 5) is 13.0. The predicted molar refractivity (Wildman–Crippen MR) is 98.3 cm³/mol. The zero-order chi connectivity index (χ0) is 16.8. The van der Waals surface area contributed by atoms with Crippen molar-refractivity contribution in [2.24, 2.45) is 0 Å². The summed E-state index contributed by atoms with van der Waals surface area (Å²) in [5.41, 5.74) is 2.55. The summed E-state index contributed by atoms with van der Waals surface area (Å²) in [5, 5.41) is 15.3. The molecule has 0 radical (unpaired) electrons. The van der Waals surface area contributed by atoms with E-state index in [1.165, 1.54) is 0 Å². The number of aromatic nitrogens is 3. The molecule has 3 aromatic rings. The molecule has 0 bridgehead atoms. The fourth-order valence-corrected chi connectivity index (χ4v) is 2.53. The van der Waals surface area contributed by atoms with Crippen LogP contribution in [0.3, 0.4) is 0 Å². The Hall–Kier alpha value is -2.51. The number of hydrogen-bond donors (Lipinski definition) is 3. The minimum absolute atomic E-state index is 0.00880. The molecule has 0 unspecified atom stereocenters. The van der Waals surface area contributed by atoms with E-state index in [1.54, 1.807) is 12.4 Å². The van der Waals surface area contributed by atoms with Crippen molar-refractivity contribution in [3.05, 3.63) is 59.3 Å². The third-order valence-electron chi connectivity index (χ3n) is 3.18. The van der Waals surface area contributed by atoms with Gasteiger partial charge in [-0.25, -0.2) is 4.98 Å². The van der Waals surface area contributed by atoms with Crippen LogP contribution in [0.15, 0.2) is 59.3 Å². The van der Waals surface area contributed by atoms with E-state index in [0.29, 0.717) is 18.3 Å². The summed E-state index contributed by atoms with van der Waals surface area (Å²) < 4.78 is 0.979. The van der Waals surface area contributed by atoms with Crippen LogP contribution in [0.4, 0.5) is 17.5 Å². The lowest BCUT2D eigenvalue weighted by Gasteiger charge is -2.11. The highest BCUT2D eigenvalue weighted by Gasteiger charge is 2.07. The molecule has 3 rings (SSSR count). The molecular formula is C17H16BrN5O. The van der Waals surface area contributed by atoms with E-state index in [0.717, 1.165) is 21.4 Å². The smallest absolute Gasteiger partial charge is 0.225 e. The summed E-state index contributed by atoms with van der Waals surface area (Å²) in [7, 11) is 0. The maximum absolute atomic E-state index is 9.00. The third-order valence-corrected chi connectivity index (χ3v) is 3.67. The van der Waals surface area contributed by atoms with Crippen LogP contribution >= 0.6 is 15.9 Å². The topological polar surface area (TPSA) is 83.0 Å². The molecule has 24 heavy (non-hydrogen) atoms. The second-order valence-corrected chi connectivity index (χ2v) is 5.91. The van der Waals surface area contributed by atoms with Gasteiger partial charge in [0.25, 0.3) is 0 Å². The van der Waals surface area contributed by atoms with Crippen LogP contribution in [-0.2, 0) is 0 Å². The fourth-order valence-electron chi connectivity index (χ4n) is 2.13. The predicted octanol–water partition coefficient (Wildman–Crippen LogP) is 3.45. The molecule has 2 aromatic heterocycles. The fraction of sp³-hybridized carbons (Fsp3) is 0.118. The molecule has 0 aliphatic heterocycles. The van der Waals surface area contributed by atoms with Gasteiger partial charge in [0.1, 0.15) is 5.82 Å². The summed E-state index contributed by atoms with van der Waals surface area (Å²) >= 11 is 3.45. The molecule has 0 fully saturated rings. The minimum atomic E-state index is 0.00880. The molecule has 0 spiro atoms. The normalized spacial score (nSPS) is 10.4. The SMILES string of the molecule is OCCNc1nc(Nc2cccc(Br)c2)cc(-c2cccnc2)n1. The number of anilines is 3. The van der Waals surface area contributed by atoms with E-state index < -0.39 is 0 Å². The molecule has 0 aliphatic carbocycles. The first-order valence-corrected chi connectivity index (χ1v) is 8.21. The van der Waals surface area contributed by atoms with Gasteiger partial charge in [-0.05, 0) is 30.3 Å². The van der Waals surface area contributed by atoms with Gasteiger partial charge in [-0.3, -0.25) is 4.98 Å². The Kier molecular flexibility index (Phi) is 5.35. The van der Waals surface area contributed by atoms with Gasteiger partial charge in [-0.1, -0.05) is 22.0 Å². The van der Waals surface area contributed by atoms with Gasteiger partial charge >= 0.3 is 0 Å². The lowest BCUT2D eigenvalue weighted by molar-refractivity contribution is 0.311. The quantitative estimate of drug-likeness (QED) is 0.602.